The minimum Gasteiger partial charge on any atom is -0.341 e. The average Bonchev–Trinajstić information content (AvgIpc) is 2.88. The van der Waals surface area contributed by atoms with Crippen molar-refractivity contribution in [2.24, 2.45) is 23.9 Å². The number of hydrogen-bond acceptors (Lipinski definition) is 4. The molecule has 1 aliphatic rings. The van der Waals surface area contributed by atoms with Gasteiger partial charge in [0.05, 0.1) is 21.7 Å². The van der Waals surface area contributed by atoms with E-state index in [0.717, 1.165) is 27.8 Å². The lowest BCUT2D eigenvalue weighted by atomic mass is 9.92. The van der Waals surface area contributed by atoms with Gasteiger partial charge >= 0.3 is 0 Å². The van der Waals surface area contributed by atoms with Crippen molar-refractivity contribution in [2.45, 2.75) is 20.3 Å². The molecule has 5 nitrogen and oxygen atoms in total. The predicted molar refractivity (Wildman–Crippen MR) is 116 cm³/mol. The lowest BCUT2D eigenvalue weighted by Crippen LogP contribution is -2.43. The van der Waals surface area contributed by atoms with Gasteiger partial charge < -0.3 is 9.47 Å². The van der Waals surface area contributed by atoms with Gasteiger partial charge in [-0.05, 0) is 36.5 Å². The first-order valence-corrected chi connectivity index (χ1v) is 11.8. The maximum Gasteiger partial charge on any atom is 0.258 e. The first-order valence-electron chi connectivity index (χ1n) is 9.01. The Kier molecular flexibility index (Phi) is 6.81. The molecule has 2 atom stereocenters. The van der Waals surface area contributed by atoms with Crippen LogP contribution in [0.1, 0.15) is 20.3 Å². The number of likely N-dealkylation sites (tertiary alicyclic amines) is 1. The number of amides is 2. The molecule has 2 unspecified atom stereocenters. The quantitative estimate of drug-likeness (QED) is 0.686. The largest absolute Gasteiger partial charge is 0.341 e. The summed E-state index contributed by atoms with van der Waals surface area (Å²) in [7, 11) is 1.91. The monoisotopic (exact) mass is 469 g/mol. The Morgan fingerprint density at radius 3 is 2.67 bits per heavy atom. The summed E-state index contributed by atoms with van der Waals surface area (Å²) in [5.41, 5.74) is 1.05. The van der Waals surface area contributed by atoms with Crippen LogP contribution in [-0.4, -0.2) is 45.9 Å². The lowest BCUT2D eigenvalue weighted by Gasteiger charge is -2.35. The maximum atomic E-state index is 12.4. The fraction of sp³-hybridized carbons (Fsp3) is 0.526. The third-order valence-corrected chi connectivity index (χ3v) is 7.15. The molecule has 8 heteroatoms. The van der Waals surface area contributed by atoms with Crippen LogP contribution in [0.25, 0.3) is 10.2 Å². The molecule has 1 aromatic heterocycles. The number of aromatic nitrogens is 1. The SMILES string of the molecule is CC1CC(C)CN(C(=O)CSCC(=O)N=c2sc3cc(Br)ccc3n2C)C1. The van der Waals surface area contributed by atoms with E-state index in [4.69, 9.17) is 0 Å². The Morgan fingerprint density at radius 2 is 1.96 bits per heavy atom. The number of carbonyl (C=O) groups excluding carboxylic acids is 2. The second kappa shape index (κ2) is 8.92. The minimum atomic E-state index is -0.200. The van der Waals surface area contributed by atoms with Crippen molar-refractivity contribution in [3.05, 3.63) is 27.5 Å². The highest BCUT2D eigenvalue weighted by Crippen LogP contribution is 2.22. The molecule has 3 rings (SSSR count). The summed E-state index contributed by atoms with van der Waals surface area (Å²) in [5, 5.41) is 0. The molecular weight excluding hydrogens is 446 g/mol. The summed E-state index contributed by atoms with van der Waals surface area (Å²) >= 11 is 6.31. The first kappa shape index (κ1) is 20.6. The number of rotatable bonds is 4. The summed E-state index contributed by atoms with van der Waals surface area (Å²) in [6.07, 6.45) is 1.18. The molecule has 27 heavy (non-hydrogen) atoms. The van der Waals surface area contributed by atoms with E-state index in [2.05, 4.69) is 34.8 Å². The van der Waals surface area contributed by atoms with Gasteiger partial charge in [0.2, 0.25) is 5.91 Å². The minimum absolute atomic E-state index is 0.128. The van der Waals surface area contributed by atoms with Gasteiger partial charge in [-0.2, -0.15) is 4.99 Å². The van der Waals surface area contributed by atoms with E-state index in [0.29, 0.717) is 22.4 Å². The topological polar surface area (TPSA) is 54.7 Å². The van der Waals surface area contributed by atoms with Crippen LogP contribution in [0.15, 0.2) is 27.7 Å². The van der Waals surface area contributed by atoms with Gasteiger partial charge in [-0.1, -0.05) is 41.1 Å². The van der Waals surface area contributed by atoms with Gasteiger partial charge in [-0.15, -0.1) is 11.8 Å². The van der Waals surface area contributed by atoms with Gasteiger partial charge in [0, 0.05) is 24.6 Å². The summed E-state index contributed by atoms with van der Waals surface area (Å²) in [6, 6.07) is 6.01. The van der Waals surface area contributed by atoms with Gasteiger partial charge in [0.25, 0.3) is 5.91 Å². The molecule has 1 aromatic carbocycles. The molecule has 0 spiro atoms. The van der Waals surface area contributed by atoms with E-state index in [1.165, 1.54) is 29.5 Å². The second-order valence-corrected chi connectivity index (χ2v) is 10.2. The van der Waals surface area contributed by atoms with Crippen LogP contribution in [0, 0.1) is 11.8 Å². The number of thiazole rings is 1. The lowest BCUT2D eigenvalue weighted by molar-refractivity contribution is -0.130. The number of hydrogen-bond donors (Lipinski definition) is 0. The molecular formula is C19H24BrN3O2S2. The molecule has 2 heterocycles. The van der Waals surface area contributed by atoms with E-state index >= 15 is 0 Å². The number of aryl methyl sites for hydroxylation is 1. The van der Waals surface area contributed by atoms with Crippen molar-refractivity contribution in [3.63, 3.8) is 0 Å². The fourth-order valence-electron chi connectivity index (χ4n) is 3.54. The van der Waals surface area contributed by atoms with Crippen LogP contribution in [0.3, 0.4) is 0 Å². The molecule has 0 radical (unpaired) electrons. The Hall–Kier alpha value is -1.12. The van der Waals surface area contributed by atoms with Gasteiger partial charge in [-0.25, -0.2) is 0 Å². The number of nitrogens with zero attached hydrogens (tertiary/aromatic N) is 3. The summed E-state index contributed by atoms with van der Waals surface area (Å²) in [4.78, 5) is 31.5. The van der Waals surface area contributed by atoms with Crippen LogP contribution in [-0.2, 0) is 16.6 Å². The molecule has 2 amide bonds. The highest BCUT2D eigenvalue weighted by atomic mass is 79.9. The van der Waals surface area contributed by atoms with Crippen molar-refractivity contribution in [1.82, 2.24) is 9.47 Å². The van der Waals surface area contributed by atoms with Gasteiger partial charge in [-0.3, -0.25) is 9.59 Å². The van der Waals surface area contributed by atoms with Crippen molar-refractivity contribution < 1.29 is 9.59 Å². The van der Waals surface area contributed by atoms with Crippen LogP contribution >= 0.6 is 39.0 Å². The average molecular weight is 470 g/mol. The molecule has 2 aromatic rings. The van der Waals surface area contributed by atoms with Gasteiger partial charge in [0.1, 0.15) is 0 Å². The number of piperidine rings is 1. The van der Waals surface area contributed by atoms with Crippen LogP contribution in [0.5, 0.6) is 0 Å². The Morgan fingerprint density at radius 1 is 1.26 bits per heavy atom. The fourth-order valence-corrected chi connectivity index (χ4v) is 5.82. The van der Waals surface area contributed by atoms with E-state index in [-0.39, 0.29) is 17.6 Å². The normalized spacial score (nSPS) is 21.0. The molecule has 0 N–H and O–H groups in total. The first-order chi connectivity index (χ1) is 12.8. The molecule has 1 aliphatic heterocycles. The number of carbonyl (C=O) groups is 2. The molecule has 0 aliphatic carbocycles. The third-order valence-electron chi connectivity index (χ3n) is 4.66. The van der Waals surface area contributed by atoms with Gasteiger partial charge in [0.15, 0.2) is 4.80 Å². The van der Waals surface area contributed by atoms with E-state index in [9.17, 15) is 9.59 Å². The number of halogens is 1. The predicted octanol–water partition coefficient (Wildman–Crippen LogP) is 3.67. The standard InChI is InChI=1S/C19H24BrN3O2S2/c1-12-6-13(2)9-23(8-12)18(25)11-26-10-17(24)21-19-22(3)15-5-4-14(20)7-16(15)27-19/h4-5,7,12-13H,6,8-11H2,1-3H3. The molecule has 1 fully saturated rings. The van der Waals surface area contributed by atoms with Crippen molar-refractivity contribution in [3.8, 4) is 0 Å². The summed E-state index contributed by atoms with van der Waals surface area (Å²) in [6.45, 7) is 6.04. The Labute approximate surface area is 176 Å². The third kappa shape index (κ3) is 5.23. The van der Waals surface area contributed by atoms with E-state index in [1.807, 2.05) is 34.7 Å². The molecule has 0 bridgehead atoms. The summed E-state index contributed by atoms with van der Waals surface area (Å²) < 4.78 is 4.01. The van der Waals surface area contributed by atoms with Crippen molar-refractivity contribution in [2.75, 3.05) is 24.6 Å². The zero-order chi connectivity index (χ0) is 19.6. The van der Waals surface area contributed by atoms with Crippen LogP contribution < -0.4 is 4.80 Å². The smallest absolute Gasteiger partial charge is 0.258 e. The van der Waals surface area contributed by atoms with E-state index in [1.54, 1.807) is 0 Å². The Bertz CT molecular complexity index is 911. The second-order valence-electron chi connectivity index (χ2n) is 7.30. The Balaban J connectivity index is 1.57. The highest BCUT2D eigenvalue weighted by molar-refractivity contribution is 9.10. The van der Waals surface area contributed by atoms with Crippen LogP contribution in [0.2, 0.25) is 0 Å². The molecule has 1 saturated heterocycles. The zero-order valence-corrected chi connectivity index (χ0v) is 19.0. The molecule has 0 saturated carbocycles. The van der Waals surface area contributed by atoms with Crippen molar-refractivity contribution >= 4 is 61.1 Å². The highest BCUT2D eigenvalue weighted by Gasteiger charge is 2.25. The van der Waals surface area contributed by atoms with E-state index < -0.39 is 0 Å². The zero-order valence-electron chi connectivity index (χ0n) is 15.8. The number of fused-ring (bicyclic) bond motifs is 1. The number of thioether (sulfide) groups is 1. The maximum absolute atomic E-state index is 12.4. The molecule has 146 valence electrons. The number of benzene rings is 1. The summed E-state index contributed by atoms with van der Waals surface area (Å²) in [5.74, 6) is 1.59. The van der Waals surface area contributed by atoms with Crippen molar-refractivity contribution in [1.29, 1.82) is 0 Å². The van der Waals surface area contributed by atoms with Crippen LogP contribution in [0.4, 0.5) is 0 Å².